The number of halogens is 1. The maximum Gasteiger partial charge on any atom is 0.248 e. The Balaban J connectivity index is 0.00000243. The van der Waals surface area contributed by atoms with Crippen molar-refractivity contribution >= 4 is 28.3 Å². The molecule has 2 N–H and O–H groups in total. The SMILES string of the molecule is Cc1noc(C)c1S(=O)(=O)N1CCN(C(=O)[C@@H]2CCC[C@@H]2CN)CC1.Cl. The smallest absolute Gasteiger partial charge is 0.248 e. The van der Waals surface area contributed by atoms with Crippen LogP contribution in [0.1, 0.15) is 30.7 Å². The third-order valence-corrected chi connectivity index (χ3v) is 7.54. The Morgan fingerprint density at radius 1 is 1.23 bits per heavy atom. The van der Waals surface area contributed by atoms with E-state index in [1.165, 1.54) is 4.31 Å². The van der Waals surface area contributed by atoms with E-state index < -0.39 is 10.0 Å². The van der Waals surface area contributed by atoms with Crippen LogP contribution in [-0.4, -0.2) is 61.4 Å². The molecule has 1 saturated carbocycles. The van der Waals surface area contributed by atoms with Gasteiger partial charge in [0.15, 0.2) is 5.76 Å². The number of carbonyl (C=O) groups excluding carboxylic acids is 1. The third kappa shape index (κ3) is 3.76. The Morgan fingerprint density at radius 3 is 2.42 bits per heavy atom. The van der Waals surface area contributed by atoms with Crippen molar-refractivity contribution in [2.24, 2.45) is 17.6 Å². The first-order chi connectivity index (χ1) is 11.9. The van der Waals surface area contributed by atoms with Crippen LogP contribution in [0.15, 0.2) is 9.42 Å². The monoisotopic (exact) mass is 406 g/mol. The van der Waals surface area contributed by atoms with E-state index in [4.69, 9.17) is 10.3 Å². The van der Waals surface area contributed by atoms with Gasteiger partial charge in [-0.25, -0.2) is 8.42 Å². The summed E-state index contributed by atoms with van der Waals surface area (Å²) in [5, 5.41) is 3.73. The maximum atomic E-state index is 12.8. The molecule has 0 radical (unpaired) electrons. The second kappa shape index (κ2) is 8.24. The summed E-state index contributed by atoms with van der Waals surface area (Å²) in [5.41, 5.74) is 6.15. The molecule has 2 fully saturated rings. The molecule has 8 nitrogen and oxygen atoms in total. The molecule has 2 aliphatic rings. The lowest BCUT2D eigenvalue weighted by atomic mass is 9.94. The summed E-state index contributed by atoms with van der Waals surface area (Å²) in [6, 6.07) is 0. The summed E-state index contributed by atoms with van der Waals surface area (Å²) >= 11 is 0. The molecule has 10 heteroatoms. The standard InChI is InChI=1S/C16H26N4O4S.ClH/c1-11-15(12(2)24-18-11)25(22,23)20-8-6-19(7-9-20)16(21)14-5-3-4-13(14)10-17;/h13-14H,3-10,17H2,1-2H3;1H/t13-,14-;/m1./s1. The number of rotatable bonds is 4. The summed E-state index contributed by atoms with van der Waals surface area (Å²) in [5.74, 6) is 0.683. The number of nitrogens with two attached hydrogens (primary N) is 1. The number of nitrogens with zero attached hydrogens (tertiary/aromatic N) is 3. The quantitative estimate of drug-likeness (QED) is 0.796. The van der Waals surface area contributed by atoms with Gasteiger partial charge in [0, 0.05) is 32.1 Å². The first-order valence-corrected chi connectivity index (χ1v) is 10.2. The average Bonchev–Trinajstić information content (AvgIpc) is 3.20. The zero-order valence-electron chi connectivity index (χ0n) is 15.2. The van der Waals surface area contributed by atoms with Crippen molar-refractivity contribution in [3.63, 3.8) is 0 Å². The number of piperazine rings is 1. The van der Waals surface area contributed by atoms with E-state index in [2.05, 4.69) is 5.16 Å². The molecule has 1 aliphatic carbocycles. The van der Waals surface area contributed by atoms with Crippen molar-refractivity contribution in [2.75, 3.05) is 32.7 Å². The zero-order chi connectivity index (χ0) is 18.2. The molecule has 26 heavy (non-hydrogen) atoms. The van der Waals surface area contributed by atoms with Gasteiger partial charge in [0.2, 0.25) is 15.9 Å². The molecule has 0 bridgehead atoms. The van der Waals surface area contributed by atoms with Gasteiger partial charge in [0.1, 0.15) is 10.6 Å². The van der Waals surface area contributed by atoms with Gasteiger partial charge in [-0.05, 0) is 39.2 Å². The highest BCUT2D eigenvalue weighted by Gasteiger charge is 2.38. The molecule has 1 aromatic heterocycles. The molecule has 2 heterocycles. The molecule has 0 unspecified atom stereocenters. The Kier molecular flexibility index (Phi) is 6.70. The molecule has 0 spiro atoms. The van der Waals surface area contributed by atoms with Crippen molar-refractivity contribution < 1.29 is 17.7 Å². The van der Waals surface area contributed by atoms with Crippen LogP contribution in [0.2, 0.25) is 0 Å². The summed E-state index contributed by atoms with van der Waals surface area (Å²) in [4.78, 5) is 14.7. The van der Waals surface area contributed by atoms with Gasteiger partial charge in [0.05, 0.1) is 0 Å². The minimum Gasteiger partial charge on any atom is -0.360 e. The van der Waals surface area contributed by atoms with Crippen LogP contribution in [0, 0.1) is 25.7 Å². The van der Waals surface area contributed by atoms with Gasteiger partial charge in [-0.3, -0.25) is 4.79 Å². The number of hydrogen-bond donors (Lipinski definition) is 1. The number of hydrogen-bond acceptors (Lipinski definition) is 6. The van der Waals surface area contributed by atoms with E-state index >= 15 is 0 Å². The highest BCUT2D eigenvalue weighted by atomic mass is 35.5. The molecule has 2 atom stereocenters. The van der Waals surface area contributed by atoms with E-state index in [9.17, 15) is 13.2 Å². The van der Waals surface area contributed by atoms with E-state index in [0.717, 1.165) is 19.3 Å². The zero-order valence-corrected chi connectivity index (χ0v) is 16.8. The van der Waals surface area contributed by atoms with Crippen LogP contribution in [-0.2, 0) is 14.8 Å². The minimum atomic E-state index is -3.64. The lowest BCUT2D eigenvalue weighted by Gasteiger charge is -2.36. The predicted octanol–water partition coefficient (Wildman–Crippen LogP) is 0.921. The molecule has 1 amide bonds. The largest absolute Gasteiger partial charge is 0.360 e. The van der Waals surface area contributed by atoms with Crippen LogP contribution in [0.4, 0.5) is 0 Å². The fraction of sp³-hybridized carbons (Fsp3) is 0.750. The third-order valence-electron chi connectivity index (χ3n) is 5.40. The van der Waals surface area contributed by atoms with Crippen molar-refractivity contribution in [1.82, 2.24) is 14.4 Å². The van der Waals surface area contributed by atoms with Crippen LogP contribution < -0.4 is 5.73 Å². The number of aryl methyl sites for hydroxylation is 2. The number of sulfonamides is 1. The van der Waals surface area contributed by atoms with Crippen LogP contribution in [0.3, 0.4) is 0 Å². The molecule has 1 aromatic rings. The summed E-state index contributed by atoms with van der Waals surface area (Å²) in [7, 11) is -3.64. The Bertz CT molecular complexity index is 724. The van der Waals surface area contributed by atoms with Crippen molar-refractivity contribution in [3.8, 4) is 0 Å². The average molecular weight is 407 g/mol. The first kappa shape index (κ1) is 21.1. The van der Waals surface area contributed by atoms with Crippen LogP contribution in [0.5, 0.6) is 0 Å². The lowest BCUT2D eigenvalue weighted by molar-refractivity contribution is -0.137. The second-order valence-corrected chi connectivity index (χ2v) is 8.79. The molecule has 1 saturated heterocycles. The highest BCUT2D eigenvalue weighted by Crippen LogP contribution is 2.33. The normalized spacial score (nSPS) is 24.5. The molecular formula is C16H27ClN4O4S. The van der Waals surface area contributed by atoms with Crippen LogP contribution >= 0.6 is 12.4 Å². The molecule has 148 valence electrons. The lowest BCUT2D eigenvalue weighted by Crippen LogP contribution is -2.52. The highest BCUT2D eigenvalue weighted by molar-refractivity contribution is 7.89. The van der Waals surface area contributed by atoms with Gasteiger partial charge >= 0.3 is 0 Å². The summed E-state index contributed by atoms with van der Waals surface area (Å²) in [6.07, 6.45) is 2.93. The summed E-state index contributed by atoms with van der Waals surface area (Å²) < 4.78 is 32.1. The number of carbonyl (C=O) groups is 1. The number of aromatic nitrogens is 1. The molecule has 1 aliphatic heterocycles. The Hall–Kier alpha value is -1.16. The van der Waals surface area contributed by atoms with Gasteiger partial charge in [0.25, 0.3) is 0 Å². The van der Waals surface area contributed by atoms with Gasteiger partial charge in [-0.2, -0.15) is 4.31 Å². The van der Waals surface area contributed by atoms with Gasteiger partial charge in [-0.15, -0.1) is 12.4 Å². The van der Waals surface area contributed by atoms with Gasteiger partial charge in [-0.1, -0.05) is 11.6 Å². The van der Waals surface area contributed by atoms with Crippen molar-refractivity contribution in [3.05, 3.63) is 11.5 Å². The molecule has 0 aromatic carbocycles. The first-order valence-electron chi connectivity index (χ1n) is 8.78. The van der Waals surface area contributed by atoms with E-state index in [1.807, 2.05) is 0 Å². The predicted molar refractivity (Wildman–Crippen MR) is 98.4 cm³/mol. The fourth-order valence-corrected chi connectivity index (χ4v) is 5.71. The topological polar surface area (TPSA) is 110 Å². The minimum absolute atomic E-state index is 0. The van der Waals surface area contributed by atoms with Crippen molar-refractivity contribution in [2.45, 2.75) is 38.0 Å². The number of amides is 1. The van der Waals surface area contributed by atoms with Crippen LogP contribution in [0.25, 0.3) is 0 Å². The van der Waals surface area contributed by atoms with Gasteiger partial charge < -0.3 is 15.2 Å². The van der Waals surface area contributed by atoms with Crippen molar-refractivity contribution in [1.29, 1.82) is 0 Å². The second-order valence-electron chi connectivity index (χ2n) is 6.92. The molecule has 3 rings (SSSR count). The Labute approximate surface area is 160 Å². The summed E-state index contributed by atoms with van der Waals surface area (Å²) in [6.45, 7) is 5.16. The van der Waals surface area contributed by atoms with E-state index in [-0.39, 0.29) is 48.1 Å². The maximum absolute atomic E-state index is 12.8. The molecular weight excluding hydrogens is 380 g/mol. The Morgan fingerprint density at radius 2 is 1.88 bits per heavy atom. The fourth-order valence-electron chi connectivity index (χ4n) is 4.00. The van der Waals surface area contributed by atoms with E-state index in [0.29, 0.717) is 31.1 Å². The van der Waals surface area contributed by atoms with E-state index in [1.54, 1.807) is 18.7 Å².